The van der Waals surface area contributed by atoms with Crippen LogP contribution in [0, 0.1) is 13.8 Å². The predicted molar refractivity (Wildman–Crippen MR) is 81.4 cm³/mol. The number of benzene rings is 2. The Balaban J connectivity index is 2.48. The first kappa shape index (κ1) is 13.3. The molecule has 2 N–H and O–H groups in total. The van der Waals surface area contributed by atoms with Crippen LogP contribution in [0.5, 0.6) is 5.75 Å². The van der Waals surface area contributed by atoms with Crippen LogP contribution in [-0.2, 0) is 0 Å². The van der Waals surface area contributed by atoms with Gasteiger partial charge in [0.1, 0.15) is 5.75 Å². The zero-order valence-electron chi connectivity index (χ0n) is 11.9. The quantitative estimate of drug-likeness (QED) is 0.852. The summed E-state index contributed by atoms with van der Waals surface area (Å²) >= 11 is 0. The summed E-state index contributed by atoms with van der Waals surface area (Å²) < 4.78 is 5.35. The normalized spacial score (nSPS) is 10.3. The molecule has 0 spiro atoms. The number of methoxy groups -OCH3 is 1. The zero-order chi connectivity index (χ0) is 14.0. The van der Waals surface area contributed by atoms with Gasteiger partial charge in [-0.1, -0.05) is 12.1 Å². The van der Waals surface area contributed by atoms with Gasteiger partial charge < -0.3 is 15.4 Å². The van der Waals surface area contributed by atoms with E-state index in [1.54, 1.807) is 7.11 Å². The highest BCUT2D eigenvalue weighted by Crippen LogP contribution is 2.34. The fourth-order valence-electron chi connectivity index (χ4n) is 2.29. The summed E-state index contributed by atoms with van der Waals surface area (Å²) in [7, 11) is 3.72. The van der Waals surface area contributed by atoms with Gasteiger partial charge in [-0.15, -0.1) is 0 Å². The van der Waals surface area contributed by atoms with Crippen LogP contribution in [0.25, 0.3) is 0 Å². The second-order valence-corrected chi connectivity index (χ2v) is 4.65. The van der Waals surface area contributed by atoms with Crippen molar-refractivity contribution < 1.29 is 4.74 Å². The van der Waals surface area contributed by atoms with E-state index in [2.05, 4.69) is 24.8 Å². The summed E-state index contributed by atoms with van der Waals surface area (Å²) in [6, 6.07) is 11.9. The number of ether oxygens (including phenoxy) is 1. The first-order valence-electron chi connectivity index (χ1n) is 6.28. The first-order valence-corrected chi connectivity index (χ1v) is 6.28. The molecule has 0 atom stereocenters. The van der Waals surface area contributed by atoms with Crippen molar-refractivity contribution in [1.82, 2.24) is 0 Å². The molecule has 2 aromatic rings. The van der Waals surface area contributed by atoms with E-state index in [9.17, 15) is 0 Å². The third-order valence-electron chi connectivity index (χ3n) is 3.59. The molecular weight excluding hydrogens is 236 g/mol. The van der Waals surface area contributed by atoms with Gasteiger partial charge in [-0.05, 0) is 49.2 Å². The van der Waals surface area contributed by atoms with Crippen molar-refractivity contribution in [3.63, 3.8) is 0 Å². The molecule has 3 nitrogen and oxygen atoms in total. The van der Waals surface area contributed by atoms with Crippen LogP contribution < -0.4 is 15.4 Å². The van der Waals surface area contributed by atoms with Gasteiger partial charge in [0.2, 0.25) is 0 Å². The second-order valence-electron chi connectivity index (χ2n) is 4.65. The van der Waals surface area contributed by atoms with Crippen LogP contribution in [0.15, 0.2) is 36.4 Å². The SMILES string of the molecule is COc1ccc(N(C)c2ccccc2N)c(C)c1C. The van der Waals surface area contributed by atoms with Gasteiger partial charge in [0, 0.05) is 12.7 Å². The number of nitrogens with zero attached hydrogens (tertiary/aromatic N) is 1. The van der Waals surface area contributed by atoms with Gasteiger partial charge in [0.05, 0.1) is 18.5 Å². The molecular formula is C16H20N2O. The van der Waals surface area contributed by atoms with Gasteiger partial charge in [-0.25, -0.2) is 0 Å². The lowest BCUT2D eigenvalue weighted by Gasteiger charge is -2.24. The summed E-state index contributed by atoms with van der Waals surface area (Å²) in [6.45, 7) is 4.17. The van der Waals surface area contributed by atoms with Crippen molar-refractivity contribution in [3.05, 3.63) is 47.5 Å². The van der Waals surface area contributed by atoms with E-state index < -0.39 is 0 Å². The van der Waals surface area contributed by atoms with Crippen molar-refractivity contribution in [2.45, 2.75) is 13.8 Å². The van der Waals surface area contributed by atoms with Gasteiger partial charge in [0.25, 0.3) is 0 Å². The maximum absolute atomic E-state index is 6.04. The van der Waals surface area contributed by atoms with Crippen LogP contribution in [-0.4, -0.2) is 14.2 Å². The highest BCUT2D eigenvalue weighted by Gasteiger charge is 2.12. The summed E-state index contributed by atoms with van der Waals surface area (Å²) in [5.41, 5.74) is 11.3. The Morgan fingerprint density at radius 1 is 0.947 bits per heavy atom. The third kappa shape index (κ3) is 2.36. The van der Waals surface area contributed by atoms with Crippen molar-refractivity contribution in [3.8, 4) is 5.75 Å². The molecule has 0 saturated carbocycles. The van der Waals surface area contributed by atoms with Crippen LogP contribution in [0.3, 0.4) is 0 Å². The molecule has 0 saturated heterocycles. The topological polar surface area (TPSA) is 38.5 Å². The highest BCUT2D eigenvalue weighted by atomic mass is 16.5. The van der Waals surface area contributed by atoms with Crippen LogP contribution >= 0.6 is 0 Å². The lowest BCUT2D eigenvalue weighted by molar-refractivity contribution is 0.411. The molecule has 0 fully saturated rings. The lowest BCUT2D eigenvalue weighted by atomic mass is 10.1. The molecule has 0 unspecified atom stereocenters. The third-order valence-corrected chi connectivity index (χ3v) is 3.59. The fourth-order valence-corrected chi connectivity index (χ4v) is 2.29. The molecule has 2 aromatic carbocycles. The summed E-state index contributed by atoms with van der Waals surface area (Å²) in [6.07, 6.45) is 0. The number of nitrogen functional groups attached to an aromatic ring is 1. The molecule has 19 heavy (non-hydrogen) atoms. The predicted octanol–water partition coefficient (Wildman–Crippen LogP) is 3.66. The van der Waals surface area contributed by atoms with Crippen molar-refractivity contribution in [2.75, 3.05) is 24.8 Å². The van der Waals surface area contributed by atoms with E-state index in [-0.39, 0.29) is 0 Å². The molecule has 100 valence electrons. The number of nitrogens with two attached hydrogens (primary N) is 1. The molecule has 0 aliphatic rings. The molecule has 0 amide bonds. The second kappa shape index (κ2) is 5.22. The zero-order valence-corrected chi connectivity index (χ0v) is 11.9. The Kier molecular flexibility index (Phi) is 3.65. The molecule has 0 aromatic heterocycles. The number of hydrogen-bond acceptors (Lipinski definition) is 3. The Bertz CT molecular complexity index is 593. The van der Waals surface area contributed by atoms with Crippen molar-refractivity contribution in [2.24, 2.45) is 0 Å². The Hall–Kier alpha value is -2.16. The molecule has 2 rings (SSSR count). The van der Waals surface area contributed by atoms with Crippen molar-refractivity contribution >= 4 is 17.1 Å². The lowest BCUT2D eigenvalue weighted by Crippen LogP contribution is -2.13. The van der Waals surface area contributed by atoms with E-state index in [0.717, 1.165) is 28.4 Å². The van der Waals surface area contributed by atoms with E-state index in [4.69, 9.17) is 10.5 Å². The molecule has 3 heteroatoms. The maximum atomic E-state index is 6.04. The Morgan fingerprint density at radius 2 is 1.63 bits per heavy atom. The maximum Gasteiger partial charge on any atom is 0.122 e. The molecule has 0 aliphatic carbocycles. The molecule has 0 bridgehead atoms. The highest BCUT2D eigenvalue weighted by molar-refractivity contribution is 5.76. The van der Waals surface area contributed by atoms with Gasteiger partial charge >= 0.3 is 0 Å². The smallest absolute Gasteiger partial charge is 0.122 e. The average Bonchev–Trinajstić information content (AvgIpc) is 2.41. The van der Waals surface area contributed by atoms with Gasteiger partial charge in [-0.3, -0.25) is 0 Å². The molecule has 0 radical (unpaired) electrons. The van der Waals surface area contributed by atoms with E-state index in [0.29, 0.717) is 0 Å². The standard InChI is InChI=1S/C16H20N2O/c1-11-12(2)16(19-4)10-9-14(11)18(3)15-8-6-5-7-13(15)17/h5-10H,17H2,1-4H3. The van der Waals surface area contributed by atoms with Gasteiger partial charge in [-0.2, -0.15) is 0 Å². The van der Waals surface area contributed by atoms with Crippen LogP contribution in [0.4, 0.5) is 17.1 Å². The minimum Gasteiger partial charge on any atom is -0.496 e. The average molecular weight is 256 g/mol. The minimum atomic E-state index is 0.776. The summed E-state index contributed by atoms with van der Waals surface area (Å²) in [5.74, 6) is 0.913. The number of para-hydroxylation sites is 2. The Labute approximate surface area is 114 Å². The minimum absolute atomic E-state index is 0.776. The van der Waals surface area contributed by atoms with Gasteiger partial charge in [0.15, 0.2) is 0 Å². The van der Waals surface area contributed by atoms with E-state index >= 15 is 0 Å². The monoisotopic (exact) mass is 256 g/mol. The van der Waals surface area contributed by atoms with Crippen LogP contribution in [0.1, 0.15) is 11.1 Å². The van der Waals surface area contributed by atoms with E-state index in [1.807, 2.05) is 37.4 Å². The Morgan fingerprint density at radius 3 is 2.26 bits per heavy atom. The fraction of sp³-hybridized carbons (Fsp3) is 0.250. The number of anilines is 3. The van der Waals surface area contributed by atoms with Crippen molar-refractivity contribution in [1.29, 1.82) is 0 Å². The summed E-state index contributed by atoms with van der Waals surface area (Å²) in [4.78, 5) is 2.11. The van der Waals surface area contributed by atoms with Crippen LogP contribution in [0.2, 0.25) is 0 Å². The summed E-state index contributed by atoms with van der Waals surface area (Å²) in [5, 5.41) is 0. The number of rotatable bonds is 3. The molecule has 0 aliphatic heterocycles. The molecule has 0 heterocycles. The number of hydrogen-bond donors (Lipinski definition) is 1. The van der Waals surface area contributed by atoms with E-state index in [1.165, 1.54) is 5.56 Å². The first-order chi connectivity index (χ1) is 9.06. The largest absolute Gasteiger partial charge is 0.496 e.